The maximum atomic E-state index is 2.31. The van der Waals surface area contributed by atoms with Crippen molar-refractivity contribution in [2.75, 3.05) is 0 Å². The molecule has 0 saturated heterocycles. The summed E-state index contributed by atoms with van der Waals surface area (Å²) in [7, 11) is 0. The molecule has 18 aromatic carbocycles. The summed E-state index contributed by atoms with van der Waals surface area (Å²) in [5, 5.41) is 32.3. The highest BCUT2D eigenvalue weighted by molar-refractivity contribution is 6.06. The number of rotatable bonds is 0. The minimum atomic E-state index is 1.32. The van der Waals surface area contributed by atoms with Gasteiger partial charge in [-0.3, -0.25) is 0 Å². The summed E-state index contributed by atoms with van der Waals surface area (Å²) in [4.78, 5) is 0. The molecule has 0 aliphatic carbocycles. The Morgan fingerprint density at radius 2 is 0.406 bits per heavy atom. The first-order chi connectivity index (χ1) is 46.5. The average Bonchev–Trinajstić information content (AvgIpc) is 0.811. The van der Waals surface area contributed by atoms with Crippen LogP contribution in [0.2, 0.25) is 0 Å². The predicted molar refractivity (Wildman–Crippen MR) is 426 cm³/mol. The molecule has 468 valence electrons. The highest BCUT2D eigenvalue weighted by Gasteiger charge is 2.09. The molecule has 0 aliphatic heterocycles. The van der Waals surface area contributed by atoms with Gasteiger partial charge in [-0.25, -0.2) is 0 Å². The lowest BCUT2D eigenvalue weighted by Crippen LogP contribution is -1.85. The molecule has 0 nitrogen and oxygen atoms in total. The molecule has 0 amide bonds. The second-order valence-electron chi connectivity index (χ2n) is 26.7. The van der Waals surface area contributed by atoms with Gasteiger partial charge in [-0.05, 0) is 335 Å². The summed E-state index contributed by atoms with van der Waals surface area (Å²) in [5.41, 5.74) is 16.2. The third kappa shape index (κ3) is 13.4. The van der Waals surface area contributed by atoms with Gasteiger partial charge < -0.3 is 0 Å². The van der Waals surface area contributed by atoms with E-state index in [0.717, 1.165) is 0 Å². The van der Waals surface area contributed by atoms with Gasteiger partial charge in [0, 0.05) is 0 Å². The van der Waals surface area contributed by atoms with Crippen LogP contribution in [0.25, 0.3) is 129 Å². The van der Waals surface area contributed by atoms with Crippen LogP contribution in [0, 0.1) is 83.1 Å². The van der Waals surface area contributed by atoms with Crippen molar-refractivity contribution in [3.8, 4) is 0 Å². The van der Waals surface area contributed by atoms with Gasteiger partial charge >= 0.3 is 0 Å². The summed E-state index contributed by atoms with van der Waals surface area (Å²) >= 11 is 0. The van der Waals surface area contributed by atoms with Crippen molar-refractivity contribution < 1.29 is 0 Å². The molecule has 0 fully saturated rings. The van der Waals surface area contributed by atoms with Gasteiger partial charge in [0.25, 0.3) is 0 Å². The SMILES string of the molecule is Cc1ccc2cc3c(C)cccc3cc2c1.Cc1ccc2cc3cccc(C)c3cc2c1.Cc1ccc2cc3ccccc3cc2c1C.Cc1cccc2cc3c(C)cccc3cc12.Cc1cccc2cc3cccc(C)c3cc12.Cc1cccc2cc3ccccc3c(C)c12. The molecule has 0 aliphatic rings. The Hall–Kier alpha value is -10.9. The number of hydrogen-bond donors (Lipinski definition) is 0. The molecule has 0 heterocycles. The Morgan fingerprint density at radius 3 is 0.885 bits per heavy atom. The van der Waals surface area contributed by atoms with E-state index in [4.69, 9.17) is 0 Å². The first-order valence-electron chi connectivity index (χ1n) is 33.9. The summed E-state index contributed by atoms with van der Waals surface area (Å²) in [6.07, 6.45) is 0. The molecule has 0 N–H and O–H groups in total. The molecule has 0 radical (unpaired) electrons. The maximum Gasteiger partial charge on any atom is -0.0119 e. The van der Waals surface area contributed by atoms with Crippen LogP contribution in [0.15, 0.2) is 291 Å². The second kappa shape index (κ2) is 27.6. The van der Waals surface area contributed by atoms with Gasteiger partial charge in [-0.1, -0.05) is 236 Å². The molecule has 0 aromatic heterocycles. The zero-order valence-corrected chi connectivity index (χ0v) is 57.7. The normalized spacial score (nSPS) is 11.1. The van der Waals surface area contributed by atoms with Crippen molar-refractivity contribution in [1.29, 1.82) is 0 Å². The molecule has 0 bridgehead atoms. The standard InChI is InChI=1S/6C16H14/c1-11-5-3-7-13-10-16-12(2)6-4-8-14(16)9-15(11)13;1-11-5-3-7-13-9-14-8-4-6-12(2)16(14)10-15(11)13;1-11-6-5-8-14-10-13-7-3-4-9-15(13)12(2)16(11)14;1-11-6-7-13-10-16-12(2)4-3-5-14(16)9-15(13)8-11;1-11-6-7-13-9-14-5-3-4-12(2)16(14)10-15(13)8-11;1-11-7-8-15-9-13-5-3-4-6-14(13)10-16(15)12(11)2/h6*3-10H,1-2H3. The molecule has 0 unspecified atom stereocenters. The van der Waals surface area contributed by atoms with E-state index in [9.17, 15) is 0 Å². The quantitative estimate of drug-likeness (QED) is 0.133. The van der Waals surface area contributed by atoms with Gasteiger partial charge in [0.2, 0.25) is 0 Å². The van der Waals surface area contributed by atoms with Gasteiger partial charge in [0.1, 0.15) is 0 Å². The molecule has 96 heavy (non-hydrogen) atoms. The summed E-state index contributed by atoms with van der Waals surface area (Å²) < 4.78 is 0. The number of fused-ring (bicyclic) bond motifs is 12. The van der Waals surface area contributed by atoms with E-state index >= 15 is 0 Å². The molecule has 0 saturated carbocycles. The molecular weight excluding hydrogens is 1150 g/mol. The lowest BCUT2D eigenvalue weighted by molar-refractivity contribution is 1.38. The summed E-state index contributed by atoms with van der Waals surface area (Å²) in [6, 6.07) is 105. The smallest absolute Gasteiger partial charge is 0.0119 e. The van der Waals surface area contributed by atoms with Crippen molar-refractivity contribution in [3.63, 3.8) is 0 Å². The fourth-order valence-corrected chi connectivity index (χ4v) is 14.2. The first-order valence-corrected chi connectivity index (χ1v) is 33.9. The van der Waals surface area contributed by atoms with Gasteiger partial charge in [0.05, 0.1) is 0 Å². The van der Waals surface area contributed by atoms with Crippen LogP contribution < -0.4 is 0 Å². The largest absolute Gasteiger partial charge is 0.0616 e. The summed E-state index contributed by atoms with van der Waals surface area (Å²) in [5.74, 6) is 0. The van der Waals surface area contributed by atoms with E-state index in [1.165, 1.54) is 196 Å². The number of aryl methyl sites for hydroxylation is 12. The Bertz CT molecular complexity index is 5780. The fourth-order valence-electron chi connectivity index (χ4n) is 14.2. The molecule has 0 heteroatoms. The number of benzene rings is 18. The van der Waals surface area contributed by atoms with Crippen LogP contribution in [0.5, 0.6) is 0 Å². The molecule has 0 atom stereocenters. The number of hydrogen-bond acceptors (Lipinski definition) is 0. The zero-order valence-electron chi connectivity index (χ0n) is 57.7. The second-order valence-corrected chi connectivity index (χ2v) is 26.7. The molecule has 18 aromatic rings. The van der Waals surface area contributed by atoms with Crippen LogP contribution >= 0.6 is 0 Å². The Morgan fingerprint density at radius 1 is 0.135 bits per heavy atom. The van der Waals surface area contributed by atoms with Crippen molar-refractivity contribution in [2.45, 2.75) is 83.1 Å². The topological polar surface area (TPSA) is 0 Å². The first kappa shape index (κ1) is 63.8. The Kier molecular flexibility index (Phi) is 18.3. The van der Waals surface area contributed by atoms with Crippen molar-refractivity contribution >= 4 is 129 Å². The maximum absolute atomic E-state index is 2.31. The van der Waals surface area contributed by atoms with Gasteiger partial charge in [0.15, 0.2) is 0 Å². The lowest BCUT2D eigenvalue weighted by Gasteiger charge is -2.09. The molecule has 18 rings (SSSR count). The summed E-state index contributed by atoms with van der Waals surface area (Å²) in [6.45, 7) is 26.1. The van der Waals surface area contributed by atoms with E-state index in [1.807, 2.05) is 0 Å². The van der Waals surface area contributed by atoms with Crippen molar-refractivity contribution in [2.24, 2.45) is 0 Å². The van der Waals surface area contributed by atoms with E-state index < -0.39 is 0 Å². The Labute approximate surface area is 566 Å². The predicted octanol–water partition coefficient (Wildman–Crippen LogP) is 27.7. The van der Waals surface area contributed by atoms with E-state index in [2.05, 4.69) is 374 Å². The van der Waals surface area contributed by atoms with Crippen LogP contribution in [-0.2, 0) is 0 Å². The minimum absolute atomic E-state index is 1.32. The van der Waals surface area contributed by atoms with Gasteiger partial charge in [-0.15, -0.1) is 0 Å². The molecular formula is C96H84. The van der Waals surface area contributed by atoms with Crippen LogP contribution in [0.3, 0.4) is 0 Å². The minimum Gasteiger partial charge on any atom is -0.0616 e. The van der Waals surface area contributed by atoms with E-state index in [0.29, 0.717) is 0 Å². The third-order valence-electron chi connectivity index (χ3n) is 19.8. The van der Waals surface area contributed by atoms with Gasteiger partial charge in [-0.2, -0.15) is 0 Å². The third-order valence-corrected chi connectivity index (χ3v) is 19.8. The average molecular weight is 1240 g/mol. The van der Waals surface area contributed by atoms with E-state index in [1.54, 1.807) is 0 Å². The lowest BCUT2D eigenvalue weighted by atomic mass is 9.95. The van der Waals surface area contributed by atoms with Crippen molar-refractivity contribution in [3.05, 3.63) is 358 Å². The monoisotopic (exact) mass is 1240 g/mol. The van der Waals surface area contributed by atoms with Crippen molar-refractivity contribution in [1.82, 2.24) is 0 Å². The van der Waals surface area contributed by atoms with E-state index in [-0.39, 0.29) is 0 Å². The highest BCUT2D eigenvalue weighted by Crippen LogP contribution is 2.34. The van der Waals surface area contributed by atoms with Crippen LogP contribution in [0.4, 0.5) is 0 Å². The van der Waals surface area contributed by atoms with Crippen LogP contribution in [-0.4, -0.2) is 0 Å². The zero-order chi connectivity index (χ0) is 66.7. The van der Waals surface area contributed by atoms with Crippen LogP contribution in [0.1, 0.15) is 66.8 Å². The highest BCUT2D eigenvalue weighted by atomic mass is 14.1. The molecule has 0 spiro atoms. The Balaban J connectivity index is 0.000000104. The fraction of sp³-hybridized carbons (Fsp3) is 0.125.